The minimum absolute atomic E-state index is 0.758. The highest BCUT2D eigenvalue weighted by Gasteiger charge is 2.10. The molecule has 1 radical (unpaired) electrons. The normalized spacial score (nSPS) is 11.4. The number of aryl methyl sites for hydroxylation is 2. The first kappa shape index (κ1) is 14.8. The van der Waals surface area contributed by atoms with Crippen LogP contribution in [0.25, 0.3) is 27.6 Å². The maximum absolute atomic E-state index is 4.74. The Labute approximate surface area is 150 Å². The van der Waals surface area contributed by atoms with Crippen LogP contribution in [-0.4, -0.2) is 24.7 Å². The number of para-hydroxylation sites is 2. The fourth-order valence-electron chi connectivity index (χ4n) is 3.26. The van der Waals surface area contributed by atoms with E-state index in [0.717, 1.165) is 40.9 Å². The smallest absolute Gasteiger partial charge is 0.167 e. The molecular formula is C21H16N5. The topological polar surface area (TPSA) is 59.4 Å². The summed E-state index contributed by atoms with van der Waals surface area (Å²) in [5, 5.41) is 6.52. The van der Waals surface area contributed by atoms with Crippen LogP contribution in [0.4, 0.5) is 0 Å². The third-order valence-corrected chi connectivity index (χ3v) is 4.58. The number of H-pyrrole nitrogens is 1. The van der Waals surface area contributed by atoms with Crippen LogP contribution in [-0.2, 0) is 12.8 Å². The van der Waals surface area contributed by atoms with Crippen molar-refractivity contribution in [3.8, 4) is 5.69 Å². The summed E-state index contributed by atoms with van der Waals surface area (Å²) in [5.74, 6) is 0.778. The molecule has 0 atom stereocenters. The molecule has 0 saturated carbocycles. The van der Waals surface area contributed by atoms with Gasteiger partial charge < -0.3 is 4.98 Å². The number of nitrogens with zero attached hydrogens (tertiary/aromatic N) is 4. The first-order chi connectivity index (χ1) is 12.9. The van der Waals surface area contributed by atoms with Crippen LogP contribution >= 0.6 is 0 Å². The highest BCUT2D eigenvalue weighted by molar-refractivity contribution is 5.83. The fraction of sp³-hybridized carbons (Fsp3) is 0.0952. The van der Waals surface area contributed by atoms with Crippen molar-refractivity contribution in [1.29, 1.82) is 0 Å². The Hall–Kier alpha value is -3.47. The molecule has 0 fully saturated rings. The predicted octanol–water partition coefficient (Wildman–Crippen LogP) is 3.88. The molecule has 3 heterocycles. The van der Waals surface area contributed by atoms with Gasteiger partial charge in [0, 0.05) is 23.5 Å². The molecule has 125 valence electrons. The maximum atomic E-state index is 4.74. The van der Waals surface area contributed by atoms with Crippen molar-refractivity contribution < 1.29 is 0 Å². The Bertz CT molecular complexity index is 1190. The van der Waals surface area contributed by atoms with E-state index in [-0.39, 0.29) is 0 Å². The minimum Gasteiger partial charge on any atom is -0.361 e. The molecule has 0 saturated heterocycles. The van der Waals surface area contributed by atoms with Crippen LogP contribution in [0.2, 0.25) is 0 Å². The van der Waals surface area contributed by atoms with E-state index in [4.69, 9.17) is 4.98 Å². The predicted molar refractivity (Wildman–Crippen MR) is 101 cm³/mol. The van der Waals surface area contributed by atoms with E-state index in [1.807, 2.05) is 41.1 Å². The lowest BCUT2D eigenvalue weighted by atomic mass is 10.1. The van der Waals surface area contributed by atoms with Crippen LogP contribution in [0.5, 0.6) is 0 Å². The van der Waals surface area contributed by atoms with Gasteiger partial charge in [0.05, 0.1) is 17.3 Å². The molecular weight excluding hydrogens is 322 g/mol. The van der Waals surface area contributed by atoms with E-state index in [1.165, 1.54) is 10.9 Å². The SMILES string of the molecule is [c]1nc(CCc2c[nH]c3ccccc23)nc2c1cnn2-c1ccccc1. The van der Waals surface area contributed by atoms with Crippen molar-refractivity contribution in [2.45, 2.75) is 12.8 Å². The Morgan fingerprint density at radius 1 is 0.962 bits per heavy atom. The number of fused-ring (bicyclic) bond motifs is 2. The standard InChI is InChI=1S/C21H16N5/c1-2-6-17(7-3-1)26-21-16(14-24-26)13-23-20(25-21)11-10-15-12-22-19-9-5-4-8-18(15)19/h1-9,12,14,22H,10-11H2. The van der Waals surface area contributed by atoms with E-state index in [2.05, 4.69) is 45.7 Å². The molecule has 1 N–H and O–H groups in total. The first-order valence-electron chi connectivity index (χ1n) is 8.61. The second-order valence-corrected chi connectivity index (χ2v) is 6.24. The number of aromatic amines is 1. The summed E-state index contributed by atoms with van der Waals surface area (Å²) in [6.45, 7) is 0. The monoisotopic (exact) mass is 338 g/mol. The zero-order chi connectivity index (χ0) is 17.3. The fourth-order valence-corrected chi connectivity index (χ4v) is 3.26. The molecule has 0 unspecified atom stereocenters. The van der Waals surface area contributed by atoms with Gasteiger partial charge in [0.25, 0.3) is 0 Å². The highest BCUT2D eigenvalue weighted by Crippen LogP contribution is 2.20. The summed E-state index contributed by atoms with van der Waals surface area (Å²) < 4.78 is 1.84. The van der Waals surface area contributed by atoms with Gasteiger partial charge >= 0.3 is 0 Å². The average molecular weight is 338 g/mol. The van der Waals surface area contributed by atoms with Gasteiger partial charge in [0.1, 0.15) is 12.0 Å². The molecule has 0 spiro atoms. The molecule has 2 aromatic carbocycles. The summed E-state index contributed by atoms with van der Waals surface area (Å²) in [7, 11) is 0. The second-order valence-electron chi connectivity index (χ2n) is 6.24. The summed E-state index contributed by atoms with van der Waals surface area (Å²) in [4.78, 5) is 12.5. The van der Waals surface area contributed by atoms with Gasteiger partial charge in [-0.2, -0.15) is 5.10 Å². The quantitative estimate of drug-likeness (QED) is 0.541. The van der Waals surface area contributed by atoms with Crippen molar-refractivity contribution in [2.75, 3.05) is 0 Å². The lowest BCUT2D eigenvalue weighted by Crippen LogP contribution is -2.02. The summed E-state index contributed by atoms with van der Waals surface area (Å²) in [6.07, 6.45) is 8.54. The van der Waals surface area contributed by atoms with Gasteiger partial charge in [-0.05, 0) is 30.2 Å². The van der Waals surface area contributed by atoms with Gasteiger partial charge in [-0.25, -0.2) is 14.6 Å². The van der Waals surface area contributed by atoms with Crippen molar-refractivity contribution in [1.82, 2.24) is 24.7 Å². The molecule has 5 aromatic rings. The summed E-state index contributed by atoms with van der Waals surface area (Å²) >= 11 is 0. The molecule has 5 nitrogen and oxygen atoms in total. The van der Waals surface area contributed by atoms with E-state index < -0.39 is 0 Å². The number of nitrogens with one attached hydrogen (secondary N) is 1. The largest absolute Gasteiger partial charge is 0.361 e. The Kier molecular flexibility index (Phi) is 3.49. The lowest BCUT2D eigenvalue weighted by molar-refractivity contribution is 0.846. The van der Waals surface area contributed by atoms with Crippen molar-refractivity contribution in [3.05, 3.63) is 84.6 Å². The summed E-state index contributed by atoms with van der Waals surface area (Å²) in [6, 6.07) is 18.3. The zero-order valence-electron chi connectivity index (χ0n) is 14.1. The lowest BCUT2D eigenvalue weighted by Gasteiger charge is -2.04. The van der Waals surface area contributed by atoms with Crippen LogP contribution in [0.1, 0.15) is 11.4 Å². The van der Waals surface area contributed by atoms with Crippen molar-refractivity contribution in [2.24, 2.45) is 0 Å². The first-order valence-corrected chi connectivity index (χ1v) is 8.61. The number of hydrogen-bond acceptors (Lipinski definition) is 3. The molecule has 5 heteroatoms. The molecule has 0 aliphatic rings. The molecule has 5 rings (SSSR count). The van der Waals surface area contributed by atoms with Crippen LogP contribution in [0, 0.1) is 6.20 Å². The van der Waals surface area contributed by atoms with E-state index in [1.54, 1.807) is 6.20 Å². The van der Waals surface area contributed by atoms with Gasteiger partial charge in [0.15, 0.2) is 5.65 Å². The summed E-state index contributed by atoms with van der Waals surface area (Å²) in [5.41, 5.74) is 4.21. The van der Waals surface area contributed by atoms with E-state index >= 15 is 0 Å². The van der Waals surface area contributed by atoms with E-state index in [9.17, 15) is 0 Å². The average Bonchev–Trinajstić information content (AvgIpc) is 3.31. The van der Waals surface area contributed by atoms with Crippen molar-refractivity contribution in [3.63, 3.8) is 0 Å². The Morgan fingerprint density at radius 3 is 2.73 bits per heavy atom. The van der Waals surface area contributed by atoms with Crippen LogP contribution in [0.15, 0.2) is 67.0 Å². The number of rotatable bonds is 4. The molecule has 0 aliphatic carbocycles. The van der Waals surface area contributed by atoms with Gasteiger partial charge in [0.2, 0.25) is 0 Å². The molecule has 26 heavy (non-hydrogen) atoms. The van der Waals surface area contributed by atoms with Crippen LogP contribution in [0.3, 0.4) is 0 Å². The Morgan fingerprint density at radius 2 is 1.81 bits per heavy atom. The third kappa shape index (κ3) is 2.54. The zero-order valence-corrected chi connectivity index (χ0v) is 14.1. The Balaban J connectivity index is 1.46. The number of aromatic nitrogens is 5. The van der Waals surface area contributed by atoms with Crippen LogP contribution < -0.4 is 0 Å². The molecule has 0 aliphatic heterocycles. The van der Waals surface area contributed by atoms with Crippen molar-refractivity contribution >= 4 is 21.9 Å². The second kappa shape index (κ2) is 6.11. The van der Waals surface area contributed by atoms with Gasteiger partial charge in [-0.15, -0.1) is 0 Å². The molecule has 0 bridgehead atoms. The van der Waals surface area contributed by atoms with Gasteiger partial charge in [-0.1, -0.05) is 36.4 Å². The number of hydrogen-bond donors (Lipinski definition) is 1. The number of benzene rings is 2. The van der Waals surface area contributed by atoms with Gasteiger partial charge in [-0.3, -0.25) is 0 Å². The highest BCUT2D eigenvalue weighted by atomic mass is 15.3. The molecule has 3 aromatic heterocycles. The molecule has 0 amide bonds. The minimum atomic E-state index is 0.758. The third-order valence-electron chi connectivity index (χ3n) is 4.58. The van der Waals surface area contributed by atoms with E-state index in [0.29, 0.717) is 0 Å². The maximum Gasteiger partial charge on any atom is 0.167 e.